The molecule has 5 nitrogen and oxygen atoms in total. The van der Waals surface area contributed by atoms with E-state index in [4.69, 9.17) is 5.11 Å². The van der Waals surface area contributed by atoms with Gasteiger partial charge in [-0.1, -0.05) is 17.4 Å². The molecule has 0 unspecified atom stereocenters. The maximum absolute atomic E-state index is 13.0. The summed E-state index contributed by atoms with van der Waals surface area (Å²) in [5.41, 5.74) is 0.183. The van der Waals surface area contributed by atoms with Crippen LogP contribution in [0.25, 0.3) is 6.08 Å². The lowest BCUT2D eigenvalue weighted by Gasteiger charge is -2.01. The molecule has 1 aromatic carbocycles. The van der Waals surface area contributed by atoms with Crippen LogP contribution < -0.4 is 5.32 Å². The monoisotopic (exact) mass is 292 g/mol. The molecule has 1 heterocycles. The Morgan fingerprint density at radius 3 is 2.90 bits per heavy atom. The summed E-state index contributed by atoms with van der Waals surface area (Å²) >= 11 is 1.12. The smallest absolute Gasteiger partial charge is 0.328 e. The Bertz CT molecular complexity index is 682. The zero-order chi connectivity index (χ0) is 14.5. The number of aromatic nitrogens is 1. The number of nitrogens with one attached hydrogen (secondary N) is 1. The van der Waals surface area contributed by atoms with Crippen LogP contribution >= 0.6 is 11.3 Å². The molecule has 2 aromatic rings. The van der Waals surface area contributed by atoms with Crippen molar-refractivity contribution in [1.82, 2.24) is 4.98 Å². The first kappa shape index (κ1) is 13.9. The number of hydrogen-bond acceptors (Lipinski definition) is 4. The topological polar surface area (TPSA) is 79.3 Å². The van der Waals surface area contributed by atoms with Crippen molar-refractivity contribution in [2.24, 2.45) is 0 Å². The van der Waals surface area contributed by atoms with Crippen molar-refractivity contribution < 1.29 is 19.1 Å². The lowest BCUT2D eigenvalue weighted by molar-refractivity contribution is -0.131. The summed E-state index contributed by atoms with van der Waals surface area (Å²) in [7, 11) is 0. The van der Waals surface area contributed by atoms with Gasteiger partial charge in [0.2, 0.25) is 0 Å². The maximum atomic E-state index is 13.0. The predicted octanol–water partition coefficient (Wildman–Crippen LogP) is 2.63. The minimum atomic E-state index is -1.07. The van der Waals surface area contributed by atoms with Crippen LogP contribution in [0.15, 0.2) is 36.5 Å². The van der Waals surface area contributed by atoms with Gasteiger partial charge in [0.25, 0.3) is 5.91 Å². The number of carbonyl (C=O) groups excluding carboxylic acids is 1. The number of halogens is 1. The Morgan fingerprint density at radius 2 is 2.20 bits per heavy atom. The van der Waals surface area contributed by atoms with Gasteiger partial charge in [-0.25, -0.2) is 14.2 Å². The van der Waals surface area contributed by atoms with Gasteiger partial charge in [0.15, 0.2) is 5.13 Å². The maximum Gasteiger partial charge on any atom is 0.328 e. The van der Waals surface area contributed by atoms with Gasteiger partial charge in [0.05, 0.1) is 0 Å². The molecular formula is C13H9FN2O3S. The fourth-order valence-corrected chi connectivity index (χ4v) is 2.09. The van der Waals surface area contributed by atoms with Crippen LogP contribution in [0.2, 0.25) is 0 Å². The zero-order valence-electron chi connectivity index (χ0n) is 10.0. The number of amides is 1. The van der Waals surface area contributed by atoms with Crippen molar-refractivity contribution in [3.05, 3.63) is 52.8 Å². The molecule has 1 amide bonds. The van der Waals surface area contributed by atoms with Crippen LogP contribution in [0.4, 0.5) is 9.52 Å². The van der Waals surface area contributed by atoms with E-state index in [0.717, 1.165) is 23.5 Å². The molecule has 0 spiro atoms. The number of hydrogen-bond donors (Lipinski definition) is 2. The highest BCUT2D eigenvalue weighted by Gasteiger charge is 2.09. The molecular weight excluding hydrogens is 283 g/mol. The second-order valence-electron chi connectivity index (χ2n) is 3.70. The number of benzene rings is 1. The Labute approximate surface area is 117 Å². The third-order valence-electron chi connectivity index (χ3n) is 2.22. The van der Waals surface area contributed by atoms with Gasteiger partial charge < -0.3 is 5.11 Å². The zero-order valence-corrected chi connectivity index (χ0v) is 10.9. The normalized spacial score (nSPS) is 10.7. The van der Waals surface area contributed by atoms with Crippen molar-refractivity contribution in [1.29, 1.82) is 0 Å². The Morgan fingerprint density at radius 1 is 1.40 bits per heavy atom. The first-order valence-corrected chi connectivity index (χ1v) is 6.30. The molecule has 20 heavy (non-hydrogen) atoms. The number of anilines is 1. The summed E-state index contributed by atoms with van der Waals surface area (Å²) < 4.78 is 13.0. The molecule has 0 saturated heterocycles. The van der Waals surface area contributed by atoms with Gasteiger partial charge in [-0.2, -0.15) is 0 Å². The van der Waals surface area contributed by atoms with Crippen LogP contribution in [0.1, 0.15) is 15.2 Å². The van der Waals surface area contributed by atoms with Crippen molar-refractivity contribution in [2.45, 2.75) is 0 Å². The molecule has 1 aromatic heterocycles. The molecule has 2 N–H and O–H groups in total. The van der Waals surface area contributed by atoms with Crippen LogP contribution in [-0.4, -0.2) is 22.0 Å². The van der Waals surface area contributed by atoms with Gasteiger partial charge >= 0.3 is 5.97 Å². The number of carboxylic acid groups (broad SMARTS) is 1. The average Bonchev–Trinajstić information content (AvgIpc) is 2.84. The van der Waals surface area contributed by atoms with E-state index in [9.17, 15) is 14.0 Å². The molecule has 102 valence electrons. The largest absolute Gasteiger partial charge is 0.478 e. The van der Waals surface area contributed by atoms with Crippen LogP contribution in [0, 0.1) is 5.82 Å². The van der Waals surface area contributed by atoms with Crippen molar-refractivity contribution in [2.75, 3.05) is 5.32 Å². The molecule has 0 bridgehead atoms. The highest BCUT2D eigenvalue weighted by molar-refractivity contribution is 7.16. The summed E-state index contributed by atoms with van der Waals surface area (Å²) in [5, 5.41) is 11.3. The fraction of sp³-hybridized carbons (Fsp3) is 0. The minimum Gasteiger partial charge on any atom is -0.478 e. The summed E-state index contributed by atoms with van der Waals surface area (Å²) in [6, 6.07) is 5.29. The van der Waals surface area contributed by atoms with E-state index in [-0.39, 0.29) is 5.56 Å². The second kappa shape index (κ2) is 6.07. The quantitative estimate of drug-likeness (QED) is 0.849. The van der Waals surface area contributed by atoms with E-state index in [2.05, 4.69) is 10.3 Å². The van der Waals surface area contributed by atoms with E-state index in [1.165, 1.54) is 30.5 Å². The molecule has 0 aliphatic carbocycles. The first-order chi connectivity index (χ1) is 9.54. The highest BCUT2D eigenvalue weighted by atomic mass is 32.1. The molecule has 0 aliphatic rings. The molecule has 7 heteroatoms. The number of aliphatic carboxylic acids is 1. The van der Waals surface area contributed by atoms with Gasteiger partial charge in [0, 0.05) is 22.7 Å². The van der Waals surface area contributed by atoms with Gasteiger partial charge in [-0.15, -0.1) is 0 Å². The Balaban J connectivity index is 2.07. The fourth-order valence-electron chi connectivity index (χ4n) is 1.37. The minimum absolute atomic E-state index is 0.183. The van der Waals surface area contributed by atoms with E-state index in [0.29, 0.717) is 10.0 Å². The third kappa shape index (κ3) is 3.72. The molecule has 0 aliphatic heterocycles. The number of nitrogens with zero attached hydrogens (tertiary/aromatic N) is 1. The van der Waals surface area contributed by atoms with Crippen LogP contribution in [0.5, 0.6) is 0 Å². The van der Waals surface area contributed by atoms with Crippen LogP contribution in [-0.2, 0) is 4.79 Å². The van der Waals surface area contributed by atoms with Gasteiger partial charge in [0.1, 0.15) is 5.82 Å². The van der Waals surface area contributed by atoms with Crippen molar-refractivity contribution >= 4 is 34.4 Å². The van der Waals surface area contributed by atoms with Gasteiger partial charge in [-0.3, -0.25) is 10.1 Å². The number of carbonyl (C=O) groups is 2. The van der Waals surface area contributed by atoms with E-state index in [1.54, 1.807) is 0 Å². The van der Waals surface area contributed by atoms with E-state index in [1.807, 2.05) is 0 Å². The summed E-state index contributed by atoms with van der Waals surface area (Å²) in [6.45, 7) is 0. The number of carboxylic acids is 1. The molecule has 0 radical (unpaired) electrons. The summed E-state index contributed by atoms with van der Waals surface area (Å²) in [5.74, 6) is -2.04. The highest BCUT2D eigenvalue weighted by Crippen LogP contribution is 2.20. The third-order valence-corrected chi connectivity index (χ3v) is 3.10. The predicted molar refractivity (Wildman–Crippen MR) is 73.1 cm³/mol. The van der Waals surface area contributed by atoms with Crippen molar-refractivity contribution in [3.8, 4) is 0 Å². The molecule has 2 rings (SSSR count). The van der Waals surface area contributed by atoms with E-state index < -0.39 is 17.7 Å². The second-order valence-corrected chi connectivity index (χ2v) is 4.77. The molecule has 0 saturated carbocycles. The van der Waals surface area contributed by atoms with Crippen LogP contribution in [0.3, 0.4) is 0 Å². The number of thiazole rings is 1. The summed E-state index contributed by atoms with van der Waals surface area (Å²) in [6.07, 6.45) is 3.79. The first-order valence-electron chi connectivity index (χ1n) is 5.48. The van der Waals surface area contributed by atoms with E-state index >= 15 is 0 Å². The van der Waals surface area contributed by atoms with Crippen molar-refractivity contribution in [3.63, 3.8) is 0 Å². The molecule has 0 atom stereocenters. The lowest BCUT2D eigenvalue weighted by atomic mass is 10.2. The standard InChI is InChI=1S/C13H9FN2O3S/c14-9-3-1-2-8(6-9)12(19)16-13-15-7-10(20-13)4-5-11(17)18/h1-7H,(H,17,18)(H,15,16,19). The average molecular weight is 292 g/mol. The van der Waals surface area contributed by atoms with Gasteiger partial charge in [-0.05, 0) is 24.3 Å². The molecule has 0 fully saturated rings. The SMILES string of the molecule is O=C(O)C=Cc1cnc(NC(=O)c2cccc(F)c2)s1. The lowest BCUT2D eigenvalue weighted by Crippen LogP contribution is -2.11. The Kier molecular flexibility index (Phi) is 4.21. The Hall–Kier alpha value is -2.54. The number of rotatable bonds is 4. The summed E-state index contributed by atoms with van der Waals surface area (Å²) in [4.78, 5) is 26.7.